The van der Waals surface area contributed by atoms with Crippen molar-refractivity contribution < 1.29 is 19.4 Å². The first kappa shape index (κ1) is 14.7. The Kier molecular flexibility index (Phi) is 4.89. The molecule has 1 fully saturated rings. The number of methoxy groups -OCH3 is 1. The molecule has 5 nitrogen and oxygen atoms in total. The minimum absolute atomic E-state index is 0.115. The van der Waals surface area contributed by atoms with Gasteiger partial charge in [0, 0.05) is 11.4 Å². The van der Waals surface area contributed by atoms with Crippen LogP contribution in [-0.4, -0.2) is 47.3 Å². The molecular formula is C14H17NO4S. The molecule has 0 aliphatic carbocycles. The fourth-order valence-corrected chi connectivity index (χ4v) is 3.01. The highest BCUT2D eigenvalue weighted by Gasteiger charge is 2.33. The maximum atomic E-state index is 12.1. The summed E-state index contributed by atoms with van der Waals surface area (Å²) in [7, 11) is 1.60. The summed E-state index contributed by atoms with van der Waals surface area (Å²) in [5.74, 6) is 0.00278. The first-order valence-corrected chi connectivity index (χ1v) is 7.39. The van der Waals surface area contributed by atoms with E-state index in [0.29, 0.717) is 13.0 Å². The SMILES string of the molecule is COc1ccc(SCC(=O)N2CCC[C@H]2C(=O)O)cc1. The molecule has 1 aliphatic rings. The number of rotatable bonds is 5. The molecule has 6 heteroatoms. The summed E-state index contributed by atoms with van der Waals surface area (Å²) >= 11 is 1.41. The number of aliphatic carboxylic acids is 1. The lowest BCUT2D eigenvalue weighted by molar-refractivity contribution is -0.147. The van der Waals surface area contributed by atoms with Crippen molar-refractivity contribution in [3.63, 3.8) is 0 Å². The summed E-state index contributed by atoms with van der Waals surface area (Å²) in [6, 6.07) is 6.79. The molecule has 1 aromatic rings. The van der Waals surface area contributed by atoms with Crippen LogP contribution in [-0.2, 0) is 9.59 Å². The zero-order chi connectivity index (χ0) is 14.5. The van der Waals surface area contributed by atoms with Crippen LogP contribution in [0.1, 0.15) is 12.8 Å². The fourth-order valence-electron chi connectivity index (χ4n) is 2.22. The second kappa shape index (κ2) is 6.65. The van der Waals surface area contributed by atoms with Gasteiger partial charge in [-0.15, -0.1) is 11.8 Å². The van der Waals surface area contributed by atoms with E-state index in [0.717, 1.165) is 17.1 Å². The Labute approximate surface area is 121 Å². The van der Waals surface area contributed by atoms with E-state index in [-0.39, 0.29) is 11.7 Å². The molecule has 1 atom stereocenters. The Bertz CT molecular complexity index is 488. The summed E-state index contributed by atoms with van der Waals surface area (Å²) in [6.45, 7) is 0.541. The largest absolute Gasteiger partial charge is 0.497 e. The molecule has 0 radical (unpaired) electrons. The van der Waals surface area contributed by atoms with Gasteiger partial charge in [-0.05, 0) is 37.1 Å². The van der Waals surface area contributed by atoms with Gasteiger partial charge in [-0.2, -0.15) is 0 Å². The highest BCUT2D eigenvalue weighted by atomic mass is 32.2. The van der Waals surface area contributed by atoms with Gasteiger partial charge in [-0.3, -0.25) is 4.79 Å². The van der Waals surface area contributed by atoms with E-state index < -0.39 is 12.0 Å². The molecule has 0 bridgehead atoms. The van der Waals surface area contributed by atoms with Gasteiger partial charge in [0.15, 0.2) is 0 Å². The monoisotopic (exact) mass is 295 g/mol. The lowest BCUT2D eigenvalue weighted by Gasteiger charge is -2.21. The molecule has 1 heterocycles. The topological polar surface area (TPSA) is 66.8 Å². The highest BCUT2D eigenvalue weighted by molar-refractivity contribution is 8.00. The van der Waals surface area contributed by atoms with Crippen molar-refractivity contribution >= 4 is 23.6 Å². The Morgan fingerprint density at radius 3 is 2.70 bits per heavy atom. The van der Waals surface area contributed by atoms with Gasteiger partial charge in [0.05, 0.1) is 12.9 Å². The summed E-state index contributed by atoms with van der Waals surface area (Å²) < 4.78 is 5.07. The number of likely N-dealkylation sites (tertiary alicyclic amines) is 1. The summed E-state index contributed by atoms with van der Waals surface area (Å²) in [6.07, 6.45) is 1.31. The van der Waals surface area contributed by atoms with Gasteiger partial charge in [0.25, 0.3) is 0 Å². The quantitative estimate of drug-likeness (QED) is 0.840. The average molecular weight is 295 g/mol. The van der Waals surface area contributed by atoms with Crippen molar-refractivity contribution in [1.29, 1.82) is 0 Å². The molecule has 0 unspecified atom stereocenters. The number of carbonyl (C=O) groups is 2. The third-order valence-electron chi connectivity index (χ3n) is 3.28. The third-order valence-corrected chi connectivity index (χ3v) is 4.28. The molecule has 1 aliphatic heterocycles. The molecule has 0 spiro atoms. The van der Waals surface area contributed by atoms with Crippen molar-refractivity contribution in [2.75, 3.05) is 19.4 Å². The normalized spacial score (nSPS) is 18.1. The molecule has 1 saturated heterocycles. The second-order valence-corrected chi connectivity index (χ2v) is 5.60. The molecule has 0 saturated carbocycles. The molecule has 0 aromatic heterocycles. The van der Waals surface area contributed by atoms with Crippen LogP contribution < -0.4 is 4.74 Å². The lowest BCUT2D eigenvalue weighted by atomic mass is 10.2. The molecular weight excluding hydrogens is 278 g/mol. The van der Waals surface area contributed by atoms with Crippen LogP contribution in [0.15, 0.2) is 29.2 Å². The number of carboxylic acids is 1. The van der Waals surface area contributed by atoms with Gasteiger partial charge in [-0.1, -0.05) is 0 Å². The fraction of sp³-hybridized carbons (Fsp3) is 0.429. The maximum Gasteiger partial charge on any atom is 0.326 e. The number of thioether (sulfide) groups is 1. The van der Waals surface area contributed by atoms with Crippen LogP contribution in [0.2, 0.25) is 0 Å². The Morgan fingerprint density at radius 2 is 2.10 bits per heavy atom. The van der Waals surface area contributed by atoms with E-state index in [1.807, 2.05) is 24.3 Å². The first-order valence-electron chi connectivity index (χ1n) is 6.41. The Morgan fingerprint density at radius 1 is 1.40 bits per heavy atom. The predicted octanol–water partition coefficient (Wildman–Crippen LogP) is 1.86. The molecule has 1 aromatic carbocycles. The molecule has 2 rings (SSSR count). The number of hydrogen-bond donors (Lipinski definition) is 1. The number of carbonyl (C=O) groups excluding carboxylic acids is 1. The molecule has 1 N–H and O–H groups in total. The minimum atomic E-state index is -0.912. The summed E-state index contributed by atoms with van der Waals surface area (Å²) in [4.78, 5) is 25.6. The summed E-state index contributed by atoms with van der Waals surface area (Å²) in [5, 5.41) is 9.06. The second-order valence-electron chi connectivity index (χ2n) is 4.55. The minimum Gasteiger partial charge on any atom is -0.497 e. The van der Waals surface area contributed by atoms with Crippen LogP contribution in [0, 0.1) is 0 Å². The van der Waals surface area contributed by atoms with Gasteiger partial charge in [-0.25, -0.2) is 4.79 Å². The van der Waals surface area contributed by atoms with Crippen molar-refractivity contribution in [2.45, 2.75) is 23.8 Å². The average Bonchev–Trinajstić information content (AvgIpc) is 2.95. The van der Waals surface area contributed by atoms with Gasteiger partial charge in [0.2, 0.25) is 5.91 Å². The highest BCUT2D eigenvalue weighted by Crippen LogP contribution is 2.24. The van der Waals surface area contributed by atoms with E-state index in [4.69, 9.17) is 9.84 Å². The standard InChI is InChI=1S/C14H17NO4S/c1-19-10-4-6-11(7-5-10)20-9-13(16)15-8-2-3-12(15)14(17)18/h4-7,12H,2-3,8-9H2,1H3,(H,17,18)/t12-/m0/s1. The van der Waals surface area contributed by atoms with Crippen LogP contribution in [0.3, 0.4) is 0 Å². The lowest BCUT2D eigenvalue weighted by Crippen LogP contribution is -2.41. The van der Waals surface area contributed by atoms with Gasteiger partial charge in [0.1, 0.15) is 11.8 Å². The molecule has 108 valence electrons. The first-order chi connectivity index (χ1) is 9.61. The molecule has 20 heavy (non-hydrogen) atoms. The maximum absolute atomic E-state index is 12.1. The zero-order valence-electron chi connectivity index (χ0n) is 11.2. The smallest absolute Gasteiger partial charge is 0.326 e. The molecule has 1 amide bonds. The number of amides is 1. The van der Waals surface area contributed by atoms with Crippen molar-refractivity contribution in [1.82, 2.24) is 4.90 Å². The van der Waals surface area contributed by atoms with E-state index >= 15 is 0 Å². The predicted molar refractivity (Wildman–Crippen MR) is 76.1 cm³/mol. The number of nitrogens with zero attached hydrogens (tertiary/aromatic N) is 1. The van der Waals surface area contributed by atoms with Crippen LogP contribution in [0.4, 0.5) is 0 Å². The van der Waals surface area contributed by atoms with Crippen molar-refractivity contribution in [2.24, 2.45) is 0 Å². The van der Waals surface area contributed by atoms with Crippen LogP contribution in [0.5, 0.6) is 5.75 Å². The van der Waals surface area contributed by atoms with E-state index in [2.05, 4.69) is 0 Å². The Balaban J connectivity index is 1.89. The Hall–Kier alpha value is -1.69. The number of hydrogen-bond acceptors (Lipinski definition) is 4. The van der Waals surface area contributed by atoms with E-state index in [9.17, 15) is 9.59 Å². The summed E-state index contributed by atoms with van der Waals surface area (Å²) in [5.41, 5.74) is 0. The van der Waals surface area contributed by atoms with Crippen molar-refractivity contribution in [3.05, 3.63) is 24.3 Å². The van der Waals surface area contributed by atoms with E-state index in [1.54, 1.807) is 7.11 Å². The van der Waals surface area contributed by atoms with Crippen molar-refractivity contribution in [3.8, 4) is 5.75 Å². The third kappa shape index (κ3) is 3.45. The van der Waals surface area contributed by atoms with Gasteiger partial charge >= 0.3 is 5.97 Å². The van der Waals surface area contributed by atoms with Crippen LogP contribution >= 0.6 is 11.8 Å². The van der Waals surface area contributed by atoms with E-state index in [1.165, 1.54) is 16.7 Å². The van der Waals surface area contributed by atoms with Gasteiger partial charge < -0.3 is 14.7 Å². The number of benzene rings is 1. The van der Waals surface area contributed by atoms with Crippen LogP contribution in [0.25, 0.3) is 0 Å². The number of ether oxygens (including phenoxy) is 1. The zero-order valence-corrected chi connectivity index (χ0v) is 12.1. The number of carboxylic acid groups (broad SMARTS) is 1.